The normalized spacial score (nSPS) is 14.2. The highest BCUT2D eigenvalue weighted by Crippen LogP contribution is 2.09. The lowest BCUT2D eigenvalue weighted by molar-refractivity contribution is -0.123. The second-order valence-electron chi connectivity index (χ2n) is 9.44. The lowest BCUT2D eigenvalue weighted by Gasteiger charge is -2.19. The molecule has 0 radical (unpaired) electrons. The Morgan fingerprint density at radius 3 is 1.78 bits per heavy atom. The number of hydrogen-bond acceptors (Lipinski definition) is 3. The van der Waals surface area contributed by atoms with Crippen LogP contribution in [0.25, 0.3) is 0 Å². The summed E-state index contributed by atoms with van der Waals surface area (Å²) in [6.07, 6.45) is 37.2. The quantitative estimate of drug-likeness (QED) is 0.0930. The minimum Gasteiger partial charge on any atom is -0.394 e. The van der Waals surface area contributed by atoms with Gasteiger partial charge in [0, 0.05) is 6.42 Å². The Labute approximate surface area is 222 Å². The second kappa shape index (κ2) is 27.7. The van der Waals surface area contributed by atoms with Crippen LogP contribution in [0.15, 0.2) is 60.8 Å². The molecule has 0 rings (SSSR count). The maximum Gasteiger partial charge on any atom is 0.220 e. The van der Waals surface area contributed by atoms with Gasteiger partial charge in [-0.15, -0.1) is 0 Å². The van der Waals surface area contributed by atoms with Crippen molar-refractivity contribution in [3.8, 4) is 0 Å². The van der Waals surface area contributed by atoms with E-state index in [0.717, 1.165) is 64.2 Å². The zero-order valence-corrected chi connectivity index (χ0v) is 23.3. The molecule has 0 bridgehead atoms. The highest BCUT2D eigenvalue weighted by atomic mass is 16.3. The van der Waals surface area contributed by atoms with Crippen molar-refractivity contribution in [2.45, 2.75) is 129 Å². The molecule has 0 fully saturated rings. The Morgan fingerprint density at radius 2 is 1.17 bits per heavy atom. The van der Waals surface area contributed by atoms with Crippen molar-refractivity contribution >= 4 is 5.91 Å². The molecule has 2 atom stereocenters. The molecule has 0 saturated heterocycles. The summed E-state index contributed by atoms with van der Waals surface area (Å²) in [7, 11) is 0. The smallest absolute Gasteiger partial charge is 0.220 e. The van der Waals surface area contributed by atoms with Crippen molar-refractivity contribution < 1.29 is 15.0 Å². The van der Waals surface area contributed by atoms with Crippen molar-refractivity contribution in [1.29, 1.82) is 0 Å². The SMILES string of the molecule is CCC/C=C\C/C=C\CCCCCCCC(=O)NC(CO)C(O)/C=C/CC/C=C/CC/C=C/CCC. The van der Waals surface area contributed by atoms with E-state index in [1.807, 2.05) is 6.08 Å². The molecule has 0 aliphatic heterocycles. The van der Waals surface area contributed by atoms with Crippen molar-refractivity contribution in [1.82, 2.24) is 5.32 Å². The first-order chi connectivity index (χ1) is 17.7. The summed E-state index contributed by atoms with van der Waals surface area (Å²) in [5.41, 5.74) is 0. The maximum atomic E-state index is 12.2. The van der Waals surface area contributed by atoms with Crippen molar-refractivity contribution in [2.24, 2.45) is 0 Å². The van der Waals surface area contributed by atoms with Crippen LogP contribution in [0.1, 0.15) is 117 Å². The van der Waals surface area contributed by atoms with Crippen LogP contribution in [0.4, 0.5) is 0 Å². The predicted molar refractivity (Wildman–Crippen MR) is 156 cm³/mol. The Bertz CT molecular complexity index is 633. The van der Waals surface area contributed by atoms with Crippen molar-refractivity contribution in [3.63, 3.8) is 0 Å². The number of nitrogens with one attached hydrogen (secondary N) is 1. The number of carbonyl (C=O) groups is 1. The number of aliphatic hydroxyl groups excluding tert-OH is 2. The number of amides is 1. The first kappa shape index (κ1) is 34.1. The zero-order chi connectivity index (χ0) is 26.5. The van der Waals surface area contributed by atoms with Crippen molar-refractivity contribution in [3.05, 3.63) is 60.8 Å². The van der Waals surface area contributed by atoms with Crippen LogP contribution in [0.2, 0.25) is 0 Å². The topological polar surface area (TPSA) is 69.6 Å². The summed E-state index contributed by atoms with van der Waals surface area (Å²) >= 11 is 0. The zero-order valence-electron chi connectivity index (χ0n) is 23.3. The summed E-state index contributed by atoms with van der Waals surface area (Å²) in [5, 5.41) is 22.6. The van der Waals surface area contributed by atoms with Crippen LogP contribution in [0.5, 0.6) is 0 Å². The average molecular weight is 502 g/mol. The highest BCUT2D eigenvalue weighted by molar-refractivity contribution is 5.76. The number of allylic oxidation sites excluding steroid dienone is 9. The fourth-order valence-electron chi connectivity index (χ4n) is 3.66. The number of unbranched alkanes of at least 4 members (excludes halogenated alkanes) is 9. The summed E-state index contributed by atoms with van der Waals surface area (Å²) < 4.78 is 0. The van der Waals surface area contributed by atoms with Gasteiger partial charge in [0.05, 0.1) is 18.8 Å². The minimum atomic E-state index is -0.873. The Balaban J connectivity index is 3.83. The van der Waals surface area contributed by atoms with E-state index in [1.54, 1.807) is 6.08 Å². The van der Waals surface area contributed by atoms with Crippen LogP contribution in [-0.2, 0) is 4.79 Å². The number of carbonyl (C=O) groups excluding carboxylic acids is 1. The molecule has 0 heterocycles. The molecule has 0 aromatic rings. The van der Waals surface area contributed by atoms with E-state index >= 15 is 0 Å². The summed E-state index contributed by atoms with van der Waals surface area (Å²) in [4.78, 5) is 12.2. The van der Waals surface area contributed by atoms with Gasteiger partial charge in [-0.25, -0.2) is 0 Å². The van der Waals surface area contributed by atoms with Crippen LogP contribution < -0.4 is 5.32 Å². The van der Waals surface area contributed by atoms with Gasteiger partial charge in [0.2, 0.25) is 5.91 Å². The third-order valence-corrected chi connectivity index (χ3v) is 5.91. The second-order valence-corrected chi connectivity index (χ2v) is 9.44. The fraction of sp³-hybridized carbons (Fsp3) is 0.656. The van der Waals surface area contributed by atoms with Crippen LogP contribution in [0, 0.1) is 0 Å². The third-order valence-electron chi connectivity index (χ3n) is 5.91. The van der Waals surface area contributed by atoms with E-state index in [0.29, 0.717) is 6.42 Å². The van der Waals surface area contributed by atoms with Gasteiger partial charge in [-0.3, -0.25) is 4.79 Å². The van der Waals surface area contributed by atoms with Gasteiger partial charge in [-0.05, 0) is 64.2 Å². The number of hydrogen-bond donors (Lipinski definition) is 3. The molecular formula is C32H55NO3. The standard InChI is InChI=1S/C32H55NO3/c1-3-5-7-9-11-13-15-16-18-20-22-24-26-28-32(36)33-30(29-34)31(35)27-25-23-21-19-17-14-12-10-8-6-4-2/h7-10,13,15,17,19,25,27,30-31,34-35H,3-6,11-12,14,16,18,20-24,26,28-29H2,1-2H3,(H,33,36)/b9-7-,10-8+,15-13-,19-17+,27-25+. The minimum absolute atomic E-state index is 0.100. The molecule has 4 nitrogen and oxygen atoms in total. The van der Waals surface area contributed by atoms with Crippen molar-refractivity contribution in [2.75, 3.05) is 6.61 Å². The van der Waals surface area contributed by atoms with Crippen LogP contribution in [-0.4, -0.2) is 34.9 Å². The average Bonchev–Trinajstić information content (AvgIpc) is 2.88. The van der Waals surface area contributed by atoms with Crippen LogP contribution >= 0.6 is 0 Å². The molecule has 0 saturated carbocycles. The molecular weight excluding hydrogens is 446 g/mol. The van der Waals surface area contributed by atoms with Crippen LogP contribution in [0.3, 0.4) is 0 Å². The predicted octanol–water partition coefficient (Wildman–Crippen LogP) is 7.89. The molecule has 3 N–H and O–H groups in total. The molecule has 2 unspecified atom stereocenters. The largest absolute Gasteiger partial charge is 0.394 e. The number of rotatable bonds is 24. The van der Waals surface area contributed by atoms with Gasteiger partial charge in [0.1, 0.15) is 0 Å². The first-order valence-corrected chi connectivity index (χ1v) is 14.5. The molecule has 0 aromatic carbocycles. The molecule has 0 aromatic heterocycles. The Morgan fingerprint density at radius 1 is 0.667 bits per heavy atom. The third kappa shape index (κ3) is 23.8. The molecule has 36 heavy (non-hydrogen) atoms. The van der Waals surface area contributed by atoms with Gasteiger partial charge >= 0.3 is 0 Å². The molecule has 0 aliphatic carbocycles. The van der Waals surface area contributed by atoms with Gasteiger partial charge in [-0.2, -0.15) is 0 Å². The Kier molecular flexibility index (Phi) is 26.2. The summed E-state index contributed by atoms with van der Waals surface area (Å²) in [5.74, 6) is -0.100. The molecule has 206 valence electrons. The van der Waals surface area contributed by atoms with Gasteiger partial charge in [-0.1, -0.05) is 107 Å². The molecule has 1 amide bonds. The maximum absolute atomic E-state index is 12.2. The summed E-state index contributed by atoms with van der Waals surface area (Å²) in [6, 6.07) is -0.650. The highest BCUT2D eigenvalue weighted by Gasteiger charge is 2.17. The van der Waals surface area contributed by atoms with Gasteiger partial charge in [0.15, 0.2) is 0 Å². The number of aliphatic hydroxyl groups is 2. The van der Waals surface area contributed by atoms with E-state index in [-0.39, 0.29) is 12.5 Å². The molecule has 4 heteroatoms. The summed E-state index contributed by atoms with van der Waals surface area (Å²) in [6.45, 7) is 4.10. The fourth-order valence-corrected chi connectivity index (χ4v) is 3.66. The van der Waals surface area contributed by atoms with E-state index in [9.17, 15) is 15.0 Å². The lowest BCUT2D eigenvalue weighted by atomic mass is 10.1. The lowest BCUT2D eigenvalue weighted by Crippen LogP contribution is -2.45. The van der Waals surface area contributed by atoms with E-state index in [1.165, 1.54) is 32.1 Å². The molecule has 0 aliphatic rings. The van der Waals surface area contributed by atoms with Gasteiger partial charge < -0.3 is 15.5 Å². The van der Waals surface area contributed by atoms with Gasteiger partial charge in [0.25, 0.3) is 0 Å². The monoisotopic (exact) mass is 501 g/mol. The van der Waals surface area contributed by atoms with E-state index < -0.39 is 12.1 Å². The first-order valence-electron chi connectivity index (χ1n) is 14.5. The van der Waals surface area contributed by atoms with E-state index in [2.05, 4.69) is 67.8 Å². The van der Waals surface area contributed by atoms with E-state index in [4.69, 9.17) is 0 Å². The Hall–Kier alpha value is -1.91. The molecule has 0 spiro atoms.